The van der Waals surface area contributed by atoms with Gasteiger partial charge in [-0.2, -0.15) is 0 Å². The zero-order chi connectivity index (χ0) is 10.4. The van der Waals surface area contributed by atoms with E-state index in [0.29, 0.717) is 12.2 Å². The highest BCUT2D eigenvalue weighted by Crippen LogP contribution is 1.95. The van der Waals surface area contributed by atoms with Gasteiger partial charge in [-0.25, -0.2) is 9.59 Å². The Hall–Kier alpha value is -1.40. The molecule has 74 valence electrons. The maximum Gasteiger partial charge on any atom is 0.333 e. The van der Waals surface area contributed by atoms with Crippen molar-refractivity contribution in [3.05, 3.63) is 12.2 Å². The van der Waals surface area contributed by atoms with Gasteiger partial charge in [-0.1, -0.05) is 0 Å². The molecule has 0 aliphatic rings. The van der Waals surface area contributed by atoms with Gasteiger partial charge in [0.05, 0.1) is 0 Å². The largest absolute Gasteiger partial charge is 0.478 e. The first-order valence-corrected chi connectivity index (χ1v) is 3.41. The van der Waals surface area contributed by atoms with E-state index in [1.54, 1.807) is 0 Å². The molecule has 0 spiro atoms. The summed E-state index contributed by atoms with van der Waals surface area (Å²) in [5, 5.41) is 25.6. The van der Waals surface area contributed by atoms with E-state index in [-0.39, 0.29) is 0 Å². The molecule has 2 atom stereocenters. The van der Waals surface area contributed by atoms with Crippen molar-refractivity contribution in [2.24, 2.45) is 0 Å². The summed E-state index contributed by atoms with van der Waals surface area (Å²) in [5.74, 6) is -2.33. The number of hydrogen-bond donors (Lipinski definition) is 3. The molecule has 0 aromatic carbocycles. The summed E-state index contributed by atoms with van der Waals surface area (Å²) in [6, 6.07) is 0. The second-order valence-corrected chi connectivity index (χ2v) is 2.24. The average molecular weight is 190 g/mol. The van der Waals surface area contributed by atoms with Crippen LogP contribution >= 0.6 is 0 Å². The standard InChI is InChI=1S/C7H10O6/c1-4(8)7(12)13-6(11)3-2-5(9)10/h2-4,7-8,12H,1H3,(H,9,10)/b3-2+. The van der Waals surface area contributed by atoms with E-state index in [0.717, 1.165) is 0 Å². The van der Waals surface area contributed by atoms with Gasteiger partial charge < -0.3 is 20.1 Å². The number of aliphatic carboxylic acids is 1. The van der Waals surface area contributed by atoms with Crippen LogP contribution in [0, 0.1) is 0 Å². The molecule has 0 radical (unpaired) electrons. The van der Waals surface area contributed by atoms with E-state index in [9.17, 15) is 9.59 Å². The molecule has 0 saturated carbocycles. The Bertz CT molecular complexity index is 219. The summed E-state index contributed by atoms with van der Waals surface area (Å²) in [4.78, 5) is 20.5. The Morgan fingerprint density at radius 1 is 1.31 bits per heavy atom. The van der Waals surface area contributed by atoms with Gasteiger partial charge in [0.2, 0.25) is 6.29 Å². The zero-order valence-electron chi connectivity index (χ0n) is 6.88. The van der Waals surface area contributed by atoms with E-state index in [1.165, 1.54) is 6.92 Å². The average Bonchev–Trinajstić information content (AvgIpc) is 2.00. The quantitative estimate of drug-likeness (QED) is 0.294. The lowest BCUT2D eigenvalue weighted by Gasteiger charge is -2.12. The van der Waals surface area contributed by atoms with Crippen LogP contribution in [0.4, 0.5) is 0 Å². The third-order valence-corrected chi connectivity index (χ3v) is 1.01. The van der Waals surface area contributed by atoms with Crippen LogP contribution in [0.25, 0.3) is 0 Å². The highest BCUT2D eigenvalue weighted by atomic mass is 16.6. The second kappa shape index (κ2) is 5.28. The van der Waals surface area contributed by atoms with Crippen LogP contribution in [0.15, 0.2) is 12.2 Å². The molecule has 0 rings (SSSR count). The van der Waals surface area contributed by atoms with Crippen LogP contribution in [-0.2, 0) is 14.3 Å². The summed E-state index contributed by atoms with van der Waals surface area (Å²) in [6.07, 6.45) is -1.67. The number of rotatable bonds is 4. The summed E-state index contributed by atoms with van der Waals surface area (Å²) < 4.78 is 4.18. The molecule has 3 N–H and O–H groups in total. The van der Waals surface area contributed by atoms with Crippen LogP contribution in [0.2, 0.25) is 0 Å². The van der Waals surface area contributed by atoms with Crippen molar-refractivity contribution in [1.29, 1.82) is 0 Å². The van der Waals surface area contributed by atoms with E-state index >= 15 is 0 Å². The first-order chi connectivity index (χ1) is 5.93. The van der Waals surface area contributed by atoms with Crippen LogP contribution < -0.4 is 0 Å². The van der Waals surface area contributed by atoms with Crippen LogP contribution in [-0.4, -0.2) is 39.7 Å². The van der Waals surface area contributed by atoms with Gasteiger partial charge in [-0.05, 0) is 6.92 Å². The summed E-state index contributed by atoms with van der Waals surface area (Å²) in [7, 11) is 0. The van der Waals surface area contributed by atoms with Gasteiger partial charge in [-0.3, -0.25) is 0 Å². The number of aliphatic hydroxyl groups excluding tert-OH is 2. The molecule has 6 nitrogen and oxygen atoms in total. The fraction of sp³-hybridized carbons (Fsp3) is 0.429. The van der Waals surface area contributed by atoms with Crippen molar-refractivity contribution < 1.29 is 29.6 Å². The number of carboxylic acids is 1. The van der Waals surface area contributed by atoms with Crippen LogP contribution in [0.1, 0.15) is 6.92 Å². The Kier molecular flexibility index (Phi) is 4.71. The SMILES string of the molecule is CC(O)C(O)OC(=O)/C=C/C(=O)O. The van der Waals surface area contributed by atoms with E-state index < -0.39 is 24.3 Å². The molecule has 0 heterocycles. The number of esters is 1. The molecule has 0 aliphatic carbocycles. The third kappa shape index (κ3) is 5.83. The molecule has 2 unspecified atom stereocenters. The summed E-state index contributed by atoms with van der Waals surface area (Å²) >= 11 is 0. The topological polar surface area (TPSA) is 104 Å². The van der Waals surface area contributed by atoms with E-state index in [1.807, 2.05) is 0 Å². The van der Waals surface area contributed by atoms with Gasteiger partial charge >= 0.3 is 11.9 Å². The number of carboxylic acid groups (broad SMARTS) is 1. The Morgan fingerprint density at radius 2 is 1.85 bits per heavy atom. The Morgan fingerprint density at radius 3 is 2.23 bits per heavy atom. The highest BCUT2D eigenvalue weighted by molar-refractivity contribution is 5.90. The number of hydrogen-bond acceptors (Lipinski definition) is 5. The zero-order valence-corrected chi connectivity index (χ0v) is 6.88. The number of ether oxygens (including phenoxy) is 1. The van der Waals surface area contributed by atoms with Crippen molar-refractivity contribution in [2.45, 2.75) is 19.3 Å². The second-order valence-electron chi connectivity index (χ2n) is 2.24. The van der Waals surface area contributed by atoms with Gasteiger partial charge in [0.25, 0.3) is 0 Å². The van der Waals surface area contributed by atoms with Crippen molar-refractivity contribution in [2.75, 3.05) is 0 Å². The Labute approximate surface area is 74.1 Å². The maximum absolute atomic E-state index is 10.6. The first kappa shape index (κ1) is 11.6. The molecular formula is C7H10O6. The molecule has 0 fully saturated rings. The normalized spacial score (nSPS) is 15.3. The number of carbonyl (C=O) groups is 2. The lowest BCUT2D eigenvalue weighted by atomic mass is 10.4. The molecule has 0 aromatic rings. The van der Waals surface area contributed by atoms with Gasteiger partial charge in [0, 0.05) is 12.2 Å². The minimum atomic E-state index is -1.65. The summed E-state index contributed by atoms with van der Waals surface area (Å²) in [6.45, 7) is 1.22. The van der Waals surface area contributed by atoms with E-state index in [4.69, 9.17) is 15.3 Å². The monoisotopic (exact) mass is 190 g/mol. The van der Waals surface area contributed by atoms with Crippen molar-refractivity contribution >= 4 is 11.9 Å². The maximum atomic E-state index is 10.6. The molecule has 13 heavy (non-hydrogen) atoms. The minimum Gasteiger partial charge on any atom is -0.478 e. The van der Waals surface area contributed by atoms with Gasteiger partial charge in [0.1, 0.15) is 6.10 Å². The lowest BCUT2D eigenvalue weighted by molar-refractivity contribution is -0.178. The first-order valence-electron chi connectivity index (χ1n) is 3.41. The van der Waals surface area contributed by atoms with E-state index in [2.05, 4.69) is 4.74 Å². The minimum absolute atomic E-state index is 0.567. The predicted octanol–water partition coefficient (Wildman–Crippen LogP) is -1.13. The number of carbonyl (C=O) groups excluding carboxylic acids is 1. The van der Waals surface area contributed by atoms with Crippen LogP contribution in [0.5, 0.6) is 0 Å². The van der Waals surface area contributed by atoms with Crippen LogP contribution in [0.3, 0.4) is 0 Å². The fourth-order valence-electron chi connectivity index (χ4n) is 0.396. The van der Waals surface area contributed by atoms with Gasteiger partial charge in [0.15, 0.2) is 0 Å². The predicted molar refractivity (Wildman–Crippen MR) is 40.6 cm³/mol. The summed E-state index contributed by atoms with van der Waals surface area (Å²) in [5.41, 5.74) is 0. The van der Waals surface area contributed by atoms with Gasteiger partial charge in [-0.15, -0.1) is 0 Å². The molecule has 0 aliphatic heterocycles. The van der Waals surface area contributed by atoms with Crippen molar-refractivity contribution in [3.8, 4) is 0 Å². The molecule has 0 aromatic heterocycles. The lowest BCUT2D eigenvalue weighted by Crippen LogP contribution is -2.27. The smallest absolute Gasteiger partial charge is 0.333 e. The Balaban J connectivity index is 3.95. The fourth-order valence-corrected chi connectivity index (χ4v) is 0.396. The van der Waals surface area contributed by atoms with Crippen molar-refractivity contribution in [1.82, 2.24) is 0 Å². The highest BCUT2D eigenvalue weighted by Gasteiger charge is 2.14. The molecule has 0 bridgehead atoms. The number of aliphatic hydroxyl groups is 2. The molecular weight excluding hydrogens is 180 g/mol. The third-order valence-electron chi connectivity index (χ3n) is 1.01. The molecule has 6 heteroatoms. The molecule has 0 saturated heterocycles. The molecule has 0 amide bonds. The van der Waals surface area contributed by atoms with Crippen molar-refractivity contribution in [3.63, 3.8) is 0 Å².